The van der Waals surface area contributed by atoms with Crippen LogP contribution in [0.4, 0.5) is 0 Å². The third kappa shape index (κ3) is 5.35. The van der Waals surface area contributed by atoms with E-state index in [4.69, 9.17) is 13.6 Å². The molecule has 0 radical (unpaired) electrons. The molecule has 0 spiro atoms. The number of hydrogen-bond acceptors (Lipinski definition) is 4. The molecule has 2 atom stereocenters. The lowest BCUT2D eigenvalue weighted by atomic mass is 9.78. The molecular formula is C27H54O4Si2. The average Bonchev–Trinajstić information content (AvgIpc) is 2.67. The van der Waals surface area contributed by atoms with E-state index in [2.05, 4.69) is 89.2 Å². The van der Waals surface area contributed by atoms with E-state index in [0.717, 1.165) is 25.0 Å². The Labute approximate surface area is 207 Å². The van der Waals surface area contributed by atoms with Gasteiger partial charge in [-0.1, -0.05) is 83.1 Å². The Morgan fingerprint density at radius 1 is 0.758 bits per heavy atom. The van der Waals surface area contributed by atoms with E-state index in [1.165, 1.54) is 0 Å². The van der Waals surface area contributed by atoms with Crippen molar-refractivity contribution in [2.75, 3.05) is 6.61 Å². The van der Waals surface area contributed by atoms with Crippen LogP contribution in [0, 0.1) is 0 Å². The van der Waals surface area contributed by atoms with Crippen LogP contribution >= 0.6 is 0 Å². The predicted molar refractivity (Wildman–Crippen MR) is 145 cm³/mol. The molecule has 2 rings (SSSR count). The monoisotopic (exact) mass is 498 g/mol. The summed E-state index contributed by atoms with van der Waals surface area (Å²) in [7, 11) is -4.25. The number of rotatable bonds is 11. The molecule has 1 saturated carbocycles. The first-order valence-corrected chi connectivity index (χ1v) is 17.9. The van der Waals surface area contributed by atoms with Crippen molar-refractivity contribution in [3.8, 4) is 0 Å². The SMILES string of the molecule is CC(C)[Si](O[C@H]1C=C(C2(O)CCC2)OC[C@H]1O[Si](C(C)C)(C(C)C)C(C)C)(C(C)C)C(C)C. The average molecular weight is 499 g/mol. The lowest BCUT2D eigenvalue weighted by molar-refractivity contribution is -0.0826. The Kier molecular flexibility index (Phi) is 9.57. The van der Waals surface area contributed by atoms with Crippen LogP contribution in [0.25, 0.3) is 0 Å². The van der Waals surface area contributed by atoms with Crippen LogP contribution in [0.3, 0.4) is 0 Å². The second-order valence-electron chi connectivity index (χ2n) is 12.6. The Hall–Kier alpha value is -0.146. The van der Waals surface area contributed by atoms with Crippen LogP contribution in [0.15, 0.2) is 11.8 Å². The van der Waals surface area contributed by atoms with Crippen LogP contribution in [-0.4, -0.2) is 46.2 Å². The molecule has 1 aliphatic carbocycles. The molecule has 0 bridgehead atoms. The molecule has 0 amide bonds. The van der Waals surface area contributed by atoms with Gasteiger partial charge in [-0.3, -0.25) is 0 Å². The van der Waals surface area contributed by atoms with E-state index < -0.39 is 22.2 Å². The Morgan fingerprint density at radius 3 is 1.48 bits per heavy atom. The molecule has 0 aromatic rings. The molecule has 4 nitrogen and oxygen atoms in total. The largest absolute Gasteiger partial charge is 0.492 e. The first kappa shape index (κ1) is 29.1. The molecule has 1 aliphatic heterocycles. The summed E-state index contributed by atoms with van der Waals surface area (Å²) >= 11 is 0. The van der Waals surface area contributed by atoms with E-state index in [1.54, 1.807) is 0 Å². The zero-order valence-electron chi connectivity index (χ0n) is 23.7. The fourth-order valence-electron chi connectivity index (χ4n) is 7.14. The lowest BCUT2D eigenvalue weighted by Crippen LogP contribution is -2.58. The number of ether oxygens (including phenoxy) is 1. The van der Waals surface area contributed by atoms with Gasteiger partial charge in [0.15, 0.2) is 0 Å². The summed E-state index contributed by atoms with van der Waals surface area (Å²) in [5, 5.41) is 11.1. The first-order chi connectivity index (χ1) is 15.1. The van der Waals surface area contributed by atoms with Crippen molar-refractivity contribution in [2.45, 2.75) is 153 Å². The van der Waals surface area contributed by atoms with Crippen LogP contribution in [0.2, 0.25) is 33.2 Å². The van der Waals surface area contributed by atoms with Gasteiger partial charge in [-0.25, -0.2) is 0 Å². The fourth-order valence-corrected chi connectivity index (χ4v) is 18.2. The molecule has 0 unspecified atom stereocenters. The zero-order valence-corrected chi connectivity index (χ0v) is 25.7. The zero-order chi connectivity index (χ0) is 25.4. The Bertz CT molecular complexity index is 621. The fraction of sp³-hybridized carbons (Fsp3) is 0.926. The normalized spacial score (nSPS) is 24.2. The third-order valence-electron chi connectivity index (χ3n) is 8.83. The molecule has 1 N–H and O–H groups in total. The van der Waals surface area contributed by atoms with Crippen LogP contribution in [-0.2, 0) is 13.6 Å². The maximum Gasteiger partial charge on any atom is 0.201 e. The second-order valence-corrected chi connectivity index (χ2v) is 23.4. The maximum absolute atomic E-state index is 11.1. The summed E-state index contributed by atoms with van der Waals surface area (Å²) in [5.74, 6) is 0.726. The summed E-state index contributed by atoms with van der Waals surface area (Å²) in [4.78, 5) is 0. The number of aliphatic hydroxyl groups is 1. The van der Waals surface area contributed by atoms with Crippen molar-refractivity contribution in [1.82, 2.24) is 0 Å². The molecule has 33 heavy (non-hydrogen) atoms. The van der Waals surface area contributed by atoms with E-state index in [9.17, 15) is 5.11 Å². The van der Waals surface area contributed by atoms with Crippen molar-refractivity contribution in [1.29, 1.82) is 0 Å². The summed E-state index contributed by atoms with van der Waals surface area (Å²) < 4.78 is 20.8. The molecule has 6 heteroatoms. The quantitative estimate of drug-likeness (QED) is 0.294. The molecule has 0 aromatic carbocycles. The summed E-state index contributed by atoms with van der Waals surface area (Å²) in [5.41, 5.74) is 2.17. The van der Waals surface area contributed by atoms with E-state index in [0.29, 0.717) is 39.9 Å². The van der Waals surface area contributed by atoms with Gasteiger partial charge in [0, 0.05) is 0 Å². The Morgan fingerprint density at radius 2 is 1.15 bits per heavy atom. The van der Waals surface area contributed by atoms with E-state index in [1.807, 2.05) is 0 Å². The van der Waals surface area contributed by atoms with Crippen molar-refractivity contribution in [2.24, 2.45) is 0 Å². The standard InChI is InChI=1S/C27H54O4Si2/c1-18(2)32(19(3)4,20(5)6)30-24-16-26(27(28)14-13-15-27)29-17-25(24)31-33(21(7)8,22(9)10)23(11)12/h16,18-25,28H,13-15,17H2,1-12H3/t24-,25+/m0/s1. The van der Waals surface area contributed by atoms with Crippen molar-refractivity contribution >= 4 is 16.6 Å². The molecule has 0 saturated heterocycles. The van der Waals surface area contributed by atoms with Crippen LogP contribution in [0.1, 0.15) is 102 Å². The highest BCUT2D eigenvalue weighted by molar-refractivity contribution is 6.78. The van der Waals surface area contributed by atoms with Crippen LogP contribution < -0.4 is 0 Å². The van der Waals surface area contributed by atoms with Crippen molar-refractivity contribution < 1.29 is 18.7 Å². The highest BCUT2D eigenvalue weighted by Gasteiger charge is 2.53. The topological polar surface area (TPSA) is 47.9 Å². The summed E-state index contributed by atoms with van der Waals surface area (Å²) in [6.45, 7) is 28.5. The van der Waals surface area contributed by atoms with Gasteiger partial charge in [0.05, 0.1) is 6.10 Å². The van der Waals surface area contributed by atoms with Gasteiger partial charge < -0.3 is 18.7 Å². The highest BCUT2D eigenvalue weighted by atomic mass is 28.4. The molecule has 1 fully saturated rings. The van der Waals surface area contributed by atoms with E-state index in [-0.39, 0.29) is 12.2 Å². The summed E-state index contributed by atoms with van der Waals surface area (Å²) in [6, 6.07) is 0. The van der Waals surface area contributed by atoms with Crippen molar-refractivity contribution in [3.63, 3.8) is 0 Å². The minimum atomic E-state index is -2.14. The smallest absolute Gasteiger partial charge is 0.201 e. The second kappa shape index (κ2) is 10.9. The Balaban J connectivity index is 2.53. The van der Waals surface area contributed by atoms with Gasteiger partial charge in [0.1, 0.15) is 24.1 Å². The molecular weight excluding hydrogens is 444 g/mol. The van der Waals surface area contributed by atoms with Crippen LogP contribution in [0.5, 0.6) is 0 Å². The van der Waals surface area contributed by atoms with Gasteiger partial charge in [-0.2, -0.15) is 0 Å². The van der Waals surface area contributed by atoms with Gasteiger partial charge in [0.25, 0.3) is 0 Å². The predicted octanol–water partition coefficient (Wildman–Crippen LogP) is 7.94. The molecule has 194 valence electrons. The van der Waals surface area contributed by atoms with Gasteiger partial charge in [-0.15, -0.1) is 0 Å². The minimum Gasteiger partial charge on any atom is -0.492 e. The third-order valence-corrected chi connectivity index (χ3v) is 21.1. The maximum atomic E-state index is 11.1. The van der Waals surface area contributed by atoms with Gasteiger partial charge in [0.2, 0.25) is 16.6 Å². The van der Waals surface area contributed by atoms with E-state index >= 15 is 0 Å². The van der Waals surface area contributed by atoms with Gasteiger partial charge >= 0.3 is 0 Å². The van der Waals surface area contributed by atoms with Crippen molar-refractivity contribution in [3.05, 3.63) is 11.8 Å². The summed E-state index contributed by atoms with van der Waals surface area (Å²) in [6.07, 6.45) is 4.43. The highest BCUT2D eigenvalue weighted by Crippen LogP contribution is 2.48. The molecule has 1 heterocycles. The lowest BCUT2D eigenvalue weighted by Gasteiger charge is -2.51. The number of hydrogen-bond donors (Lipinski definition) is 1. The molecule has 0 aromatic heterocycles. The first-order valence-electron chi connectivity index (χ1n) is 13.6. The molecule has 2 aliphatic rings. The minimum absolute atomic E-state index is 0.126. The van der Waals surface area contributed by atoms with Gasteiger partial charge in [-0.05, 0) is 58.6 Å².